The normalized spacial score (nSPS) is 11.0. The minimum absolute atomic E-state index is 0.307. The molecule has 0 saturated heterocycles. The largest absolute Gasteiger partial charge is 0.490 e. The molecule has 0 aliphatic rings. The highest BCUT2D eigenvalue weighted by atomic mass is 35.5. The first kappa shape index (κ1) is 28.6. The lowest BCUT2D eigenvalue weighted by Gasteiger charge is -2.16. The predicted octanol–water partition coefficient (Wildman–Crippen LogP) is 6.06. The van der Waals surface area contributed by atoms with Crippen LogP contribution < -0.4 is 20.1 Å². The van der Waals surface area contributed by atoms with Crippen LogP contribution in [0.1, 0.15) is 5.69 Å². The number of likely N-dealkylation sites (N-methyl/N-ethyl adjacent to an activating group) is 1. The Morgan fingerprint density at radius 3 is 2.69 bits per heavy atom. The van der Waals surface area contributed by atoms with Gasteiger partial charge in [-0.3, -0.25) is 9.78 Å². The van der Waals surface area contributed by atoms with Gasteiger partial charge < -0.3 is 30.0 Å². The summed E-state index contributed by atoms with van der Waals surface area (Å²) in [7, 11) is 3.94. The third kappa shape index (κ3) is 6.85. The molecular formula is C31H30ClN7O3. The molecule has 0 aliphatic heterocycles. The quantitative estimate of drug-likeness (QED) is 0.152. The number of rotatable bonds is 12. The number of ether oxygens (including phenoxy) is 2. The number of benzene rings is 2. The summed E-state index contributed by atoms with van der Waals surface area (Å²) in [5.74, 6) is 1.35. The number of carbonyl (C=O) groups excluding carboxylic acids is 1. The van der Waals surface area contributed by atoms with E-state index in [1.54, 1.807) is 18.3 Å². The van der Waals surface area contributed by atoms with Gasteiger partial charge in [-0.1, -0.05) is 30.3 Å². The molecule has 2 aromatic carbocycles. The monoisotopic (exact) mass is 583 g/mol. The Morgan fingerprint density at radius 2 is 1.93 bits per heavy atom. The highest BCUT2D eigenvalue weighted by molar-refractivity contribution is 6.32. The highest BCUT2D eigenvalue weighted by Gasteiger charge is 2.16. The van der Waals surface area contributed by atoms with Crippen molar-refractivity contribution in [1.82, 2.24) is 24.8 Å². The minimum Gasteiger partial charge on any atom is -0.490 e. The minimum atomic E-state index is -0.335. The summed E-state index contributed by atoms with van der Waals surface area (Å²) >= 11 is 6.54. The molecule has 0 saturated carbocycles. The average molecular weight is 584 g/mol. The van der Waals surface area contributed by atoms with Gasteiger partial charge in [0.25, 0.3) is 0 Å². The van der Waals surface area contributed by atoms with E-state index >= 15 is 0 Å². The van der Waals surface area contributed by atoms with Gasteiger partial charge in [0.15, 0.2) is 0 Å². The van der Waals surface area contributed by atoms with Crippen LogP contribution in [-0.2, 0) is 11.4 Å². The summed E-state index contributed by atoms with van der Waals surface area (Å²) in [5, 5.41) is 7.42. The van der Waals surface area contributed by atoms with Crippen molar-refractivity contribution in [2.24, 2.45) is 0 Å². The lowest BCUT2D eigenvalue weighted by Crippen LogP contribution is -2.20. The number of H-pyrrole nitrogens is 1. The molecule has 0 spiro atoms. The Bertz CT molecular complexity index is 1710. The number of nitrogens with one attached hydrogen (secondary N) is 3. The van der Waals surface area contributed by atoms with Gasteiger partial charge in [0.1, 0.15) is 42.5 Å². The molecule has 42 heavy (non-hydrogen) atoms. The number of nitrogens with zero attached hydrogens (tertiary/aromatic N) is 4. The topological polar surface area (TPSA) is 117 Å². The maximum atomic E-state index is 12.2. The lowest BCUT2D eigenvalue weighted by molar-refractivity contribution is -0.111. The van der Waals surface area contributed by atoms with Crippen molar-refractivity contribution in [2.45, 2.75) is 6.61 Å². The highest BCUT2D eigenvalue weighted by Crippen LogP contribution is 2.38. The van der Waals surface area contributed by atoms with E-state index in [1.165, 1.54) is 12.4 Å². The van der Waals surface area contributed by atoms with Crippen LogP contribution in [0.25, 0.3) is 22.2 Å². The number of halogens is 1. The van der Waals surface area contributed by atoms with Crippen molar-refractivity contribution in [1.29, 1.82) is 0 Å². The fraction of sp³-hybridized carbons (Fsp3) is 0.161. The second kappa shape index (κ2) is 13.2. The van der Waals surface area contributed by atoms with Gasteiger partial charge in [-0.05, 0) is 68.2 Å². The Balaban J connectivity index is 1.42. The average Bonchev–Trinajstić information content (AvgIpc) is 3.43. The predicted molar refractivity (Wildman–Crippen MR) is 166 cm³/mol. The number of carbonyl (C=O) groups is 1. The molecule has 5 aromatic rings. The zero-order chi connectivity index (χ0) is 29.5. The molecule has 3 heterocycles. The van der Waals surface area contributed by atoms with E-state index in [0.717, 1.165) is 34.4 Å². The van der Waals surface area contributed by atoms with Gasteiger partial charge >= 0.3 is 0 Å². The van der Waals surface area contributed by atoms with Crippen LogP contribution >= 0.6 is 11.6 Å². The van der Waals surface area contributed by atoms with Gasteiger partial charge in [-0.2, -0.15) is 0 Å². The van der Waals surface area contributed by atoms with Crippen molar-refractivity contribution in [3.63, 3.8) is 0 Å². The molecule has 0 bridgehead atoms. The molecule has 214 valence electrons. The van der Waals surface area contributed by atoms with Crippen molar-refractivity contribution >= 4 is 45.7 Å². The fourth-order valence-electron chi connectivity index (χ4n) is 4.20. The van der Waals surface area contributed by atoms with Gasteiger partial charge in [0, 0.05) is 30.2 Å². The summed E-state index contributed by atoms with van der Waals surface area (Å²) in [6.07, 6.45) is 6.27. The van der Waals surface area contributed by atoms with Crippen LogP contribution in [0, 0.1) is 0 Å². The number of pyridine rings is 1. The maximum Gasteiger partial charge on any atom is 0.247 e. The molecular weight excluding hydrogens is 554 g/mol. The van der Waals surface area contributed by atoms with Gasteiger partial charge in [0.2, 0.25) is 5.91 Å². The maximum absolute atomic E-state index is 12.2. The summed E-state index contributed by atoms with van der Waals surface area (Å²) < 4.78 is 11.8. The van der Waals surface area contributed by atoms with Crippen LogP contribution in [0.2, 0.25) is 5.02 Å². The van der Waals surface area contributed by atoms with Crippen LogP contribution in [0.15, 0.2) is 86.0 Å². The fourth-order valence-corrected chi connectivity index (χ4v) is 4.43. The zero-order valence-electron chi connectivity index (χ0n) is 23.2. The van der Waals surface area contributed by atoms with Crippen molar-refractivity contribution in [2.75, 3.05) is 37.9 Å². The molecule has 3 aromatic heterocycles. The molecule has 5 rings (SSSR count). The van der Waals surface area contributed by atoms with Crippen LogP contribution in [-0.4, -0.2) is 58.0 Å². The molecule has 1 amide bonds. The molecule has 0 atom stereocenters. The molecule has 0 aliphatic carbocycles. The van der Waals surface area contributed by atoms with Crippen molar-refractivity contribution < 1.29 is 14.3 Å². The summed E-state index contributed by atoms with van der Waals surface area (Å²) in [6, 6.07) is 16.7. The number of anilines is 3. The SMILES string of the molecule is C=CC(=O)Nc1cc(-c2c[nH]c3ncnc(Nc4ccc(OCc5ccccn5)c(Cl)c4)c23)ccc1OCCN(C)C. The van der Waals surface area contributed by atoms with E-state index in [2.05, 4.69) is 37.1 Å². The molecule has 3 N–H and O–H groups in total. The second-order valence-corrected chi connectivity index (χ2v) is 9.99. The summed E-state index contributed by atoms with van der Waals surface area (Å²) in [4.78, 5) is 30.6. The number of fused-ring (bicyclic) bond motifs is 1. The number of hydrogen-bond acceptors (Lipinski definition) is 8. The van der Waals surface area contributed by atoms with E-state index in [1.807, 2.05) is 67.7 Å². The Hall–Kier alpha value is -4.93. The van der Waals surface area contributed by atoms with E-state index in [-0.39, 0.29) is 5.91 Å². The standard InChI is InChI=1S/C31H30ClN7O3/c1-4-28(40)38-25-15-20(8-10-27(25)41-14-13-39(2)3)23-17-34-30-29(23)31(36-19-35-30)37-21-9-11-26(24(32)16-21)42-18-22-7-5-6-12-33-22/h4-12,15-17,19H,1,13-14,18H2,2-3H3,(H,38,40)(H2,34,35,36,37). The Kier molecular flexibility index (Phi) is 8.96. The number of aromatic nitrogens is 4. The smallest absolute Gasteiger partial charge is 0.247 e. The number of aromatic amines is 1. The molecule has 0 unspecified atom stereocenters. The van der Waals surface area contributed by atoms with Gasteiger partial charge in [-0.25, -0.2) is 9.97 Å². The molecule has 10 nitrogen and oxygen atoms in total. The van der Waals surface area contributed by atoms with Gasteiger partial charge in [-0.15, -0.1) is 0 Å². The first-order valence-corrected chi connectivity index (χ1v) is 13.6. The lowest BCUT2D eigenvalue weighted by atomic mass is 10.0. The first-order valence-electron chi connectivity index (χ1n) is 13.2. The van der Waals surface area contributed by atoms with Crippen molar-refractivity contribution in [3.8, 4) is 22.6 Å². The third-order valence-corrected chi connectivity index (χ3v) is 6.59. The van der Waals surface area contributed by atoms with E-state index in [9.17, 15) is 4.79 Å². The molecule has 0 fully saturated rings. The Morgan fingerprint density at radius 1 is 1.07 bits per heavy atom. The number of amides is 1. The van der Waals surface area contributed by atoms with E-state index in [0.29, 0.717) is 46.9 Å². The summed E-state index contributed by atoms with van der Waals surface area (Å²) in [5.41, 5.74) is 4.37. The zero-order valence-corrected chi connectivity index (χ0v) is 24.0. The van der Waals surface area contributed by atoms with E-state index < -0.39 is 0 Å². The molecule has 0 radical (unpaired) electrons. The van der Waals surface area contributed by atoms with Crippen LogP contribution in [0.5, 0.6) is 11.5 Å². The van der Waals surface area contributed by atoms with Gasteiger partial charge in [0.05, 0.1) is 21.8 Å². The molecule has 11 heteroatoms. The van der Waals surface area contributed by atoms with Crippen molar-refractivity contribution in [3.05, 3.63) is 96.7 Å². The third-order valence-electron chi connectivity index (χ3n) is 6.30. The Labute approximate surface area is 248 Å². The first-order chi connectivity index (χ1) is 20.4. The second-order valence-electron chi connectivity index (χ2n) is 9.58. The van der Waals surface area contributed by atoms with Crippen LogP contribution in [0.4, 0.5) is 17.2 Å². The van der Waals surface area contributed by atoms with Crippen LogP contribution in [0.3, 0.4) is 0 Å². The summed E-state index contributed by atoms with van der Waals surface area (Å²) in [6.45, 7) is 5.06. The van der Waals surface area contributed by atoms with E-state index in [4.69, 9.17) is 21.1 Å². The number of hydrogen-bond donors (Lipinski definition) is 3.